The van der Waals surface area contributed by atoms with Gasteiger partial charge in [0.05, 0.1) is 23.0 Å². The first-order valence-corrected chi connectivity index (χ1v) is 10.3. The van der Waals surface area contributed by atoms with Gasteiger partial charge in [0.25, 0.3) is 0 Å². The molecular formula is C20H11ClF2N2Pt. The van der Waals surface area contributed by atoms with Crippen LogP contribution in [0.15, 0.2) is 66.9 Å². The third-order valence-electron chi connectivity index (χ3n) is 3.77. The number of halogens is 3. The first-order chi connectivity index (χ1) is 12.7. The van der Waals surface area contributed by atoms with E-state index in [0.717, 1.165) is 28.6 Å². The average Bonchev–Trinajstić information content (AvgIpc) is 2.71. The van der Waals surface area contributed by atoms with Crippen LogP contribution in [0.5, 0.6) is 0 Å². The first kappa shape index (κ1) is 18.6. The van der Waals surface area contributed by atoms with E-state index in [2.05, 4.69) is 25.5 Å². The standard InChI is InChI=1S/C20H11F2N2.ClH.Pt/c21-16-9-8-14(10-17(16)22)18-6-3-7-19(24-18)20-11-13-4-1-2-5-15(13)12-23-20;;/h1-7,9-12H;1H;/q-1;;+2/p-1. The van der Waals surface area contributed by atoms with Crippen molar-refractivity contribution in [3.05, 3.63) is 84.6 Å². The average molecular weight is 548 g/mol. The minimum atomic E-state index is -0.925. The van der Waals surface area contributed by atoms with Gasteiger partial charge in [-0.3, -0.25) is 14.4 Å². The molecule has 0 unspecified atom stereocenters. The summed E-state index contributed by atoms with van der Waals surface area (Å²) in [4.78, 5) is 8.94. The van der Waals surface area contributed by atoms with E-state index >= 15 is 0 Å². The van der Waals surface area contributed by atoms with Crippen molar-refractivity contribution in [3.8, 4) is 22.6 Å². The molecule has 132 valence electrons. The van der Waals surface area contributed by atoms with Gasteiger partial charge in [0.1, 0.15) is 0 Å². The van der Waals surface area contributed by atoms with E-state index in [0.29, 0.717) is 17.0 Å². The van der Waals surface area contributed by atoms with Crippen LogP contribution in [0.3, 0.4) is 0 Å². The van der Waals surface area contributed by atoms with Crippen molar-refractivity contribution in [1.82, 2.24) is 9.97 Å². The number of pyridine rings is 2. The zero-order valence-corrected chi connectivity index (χ0v) is 16.2. The monoisotopic (exact) mass is 547 g/mol. The van der Waals surface area contributed by atoms with E-state index in [1.807, 2.05) is 42.5 Å². The van der Waals surface area contributed by atoms with Gasteiger partial charge in [-0.05, 0) is 23.2 Å². The van der Waals surface area contributed by atoms with Gasteiger partial charge in [0.2, 0.25) is 0 Å². The number of benzene rings is 2. The molecule has 0 fully saturated rings. The van der Waals surface area contributed by atoms with Crippen LogP contribution in [0, 0.1) is 17.7 Å². The number of fused-ring (bicyclic) bond motifs is 1. The molecule has 0 aliphatic carbocycles. The third kappa shape index (κ3) is 3.98. The molecule has 0 atom stereocenters. The van der Waals surface area contributed by atoms with Gasteiger partial charge in [0, 0.05) is 11.6 Å². The Kier molecular flexibility index (Phi) is 6.07. The molecule has 0 aliphatic rings. The van der Waals surface area contributed by atoms with Crippen LogP contribution in [0.25, 0.3) is 33.4 Å². The van der Waals surface area contributed by atoms with Gasteiger partial charge in [-0.25, -0.2) is 4.39 Å². The summed E-state index contributed by atoms with van der Waals surface area (Å²) in [5.74, 6) is -1.84. The Labute approximate surface area is 164 Å². The second-order valence-corrected chi connectivity index (χ2v) is 5.37. The minimum absolute atomic E-state index is 0.400. The predicted molar refractivity (Wildman–Crippen MR) is 95.0 cm³/mol. The Morgan fingerprint density at radius 3 is 2.31 bits per heavy atom. The summed E-state index contributed by atoms with van der Waals surface area (Å²) >= 11 is 1.61. The number of aromatic nitrogens is 2. The molecule has 0 amide bonds. The molecule has 0 N–H and O–H groups in total. The SMILES string of the molecule is Fc1c[c-]c(-c2cccc(-c3cc4ccccc4cn3)n2)cc1F.[Cl][Pt+]. The van der Waals surface area contributed by atoms with Crippen LogP contribution in [-0.2, 0) is 18.8 Å². The molecule has 2 nitrogen and oxygen atoms in total. The summed E-state index contributed by atoms with van der Waals surface area (Å²) < 4.78 is 26.5. The topological polar surface area (TPSA) is 25.8 Å². The van der Waals surface area contributed by atoms with Crippen molar-refractivity contribution >= 4 is 20.2 Å². The van der Waals surface area contributed by atoms with Crippen LogP contribution >= 0.6 is 9.42 Å². The van der Waals surface area contributed by atoms with Crippen LogP contribution in [0.1, 0.15) is 0 Å². The summed E-state index contributed by atoms with van der Waals surface area (Å²) in [6.45, 7) is 0. The summed E-state index contributed by atoms with van der Waals surface area (Å²) in [5.41, 5.74) is 2.30. The molecule has 0 saturated carbocycles. The zero-order valence-electron chi connectivity index (χ0n) is 13.2. The molecule has 4 aromatic rings. The molecule has 26 heavy (non-hydrogen) atoms. The van der Waals surface area contributed by atoms with E-state index in [-0.39, 0.29) is 0 Å². The second kappa shape index (κ2) is 8.48. The Morgan fingerprint density at radius 2 is 1.54 bits per heavy atom. The predicted octanol–water partition coefficient (Wildman–Crippen LogP) is 5.73. The maximum atomic E-state index is 13.4. The van der Waals surface area contributed by atoms with Crippen molar-refractivity contribution in [2.45, 2.75) is 0 Å². The quantitative estimate of drug-likeness (QED) is 0.300. The molecule has 0 spiro atoms. The molecule has 0 aliphatic heterocycles. The van der Waals surface area contributed by atoms with Crippen molar-refractivity contribution in [2.24, 2.45) is 0 Å². The van der Waals surface area contributed by atoms with Gasteiger partial charge < -0.3 is 0 Å². The van der Waals surface area contributed by atoms with Crippen molar-refractivity contribution in [1.29, 1.82) is 0 Å². The van der Waals surface area contributed by atoms with E-state index in [1.165, 1.54) is 0 Å². The Morgan fingerprint density at radius 1 is 0.808 bits per heavy atom. The van der Waals surface area contributed by atoms with Gasteiger partial charge in [0.15, 0.2) is 0 Å². The van der Waals surface area contributed by atoms with E-state index in [1.54, 1.807) is 31.0 Å². The van der Waals surface area contributed by atoms with Gasteiger partial charge >= 0.3 is 28.2 Å². The summed E-state index contributed by atoms with van der Waals surface area (Å²) in [6.07, 6.45) is 1.79. The molecule has 0 saturated heterocycles. The molecule has 0 radical (unpaired) electrons. The molecule has 2 aromatic heterocycles. The fraction of sp³-hybridized carbons (Fsp3) is 0. The van der Waals surface area contributed by atoms with Crippen molar-refractivity contribution < 1.29 is 27.6 Å². The van der Waals surface area contributed by atoms with Crippen LogP contribution in [0.2, 0.25) is 0 Å². The van der Waals surface area contributed by atoms with Crippen LogP contribution in [-0.4, -0.2) is 9.97 Å². The summed E-state index contributed by atoms with van der Waals surface area (Å²) in [7, 11) is 4.61. The van der Waals surface area contributed by atoms with Gasteiger partial charge in [-0.15, -0.1) is 23.8 Å². The number of hydrogen-bond donors (Lipinski definition) is 0. The maximum absolute atomic E-state index is 13.4. The molecule has 4 rings (SSSR count). The second-order valence-electron chi connectivity index (χ2n) is 5.37. The molecular weight excluding hydrogens is 537 g/mol. The van der Waals surface area contributed by atoms with E-state index in [4.69, 9.17) is 0 Å². The van der Waals surface area contributed by atoms with Crippen LogP contribution in [0.4, 0.5) is 8.78 Å². The van der Waals surface area contributed by atoms with Gasteiger partial charge in [-0.2, -0.15) is 0 Å². The van der Waals surface area contributed by atoms with E-state index in [9.17, 15) is 8.78 Å². The van der Waals surface area contributed by atoms with Gasteiger partial charge in [-0.1, -0.05) is 36.4 Å². The Hall–Kier alpha value is -2.16. The number of rotatable bonds is 2. The van der Waals surface area contributed by atoms with Crippen molar-refractivity contribution in [2.75, 3.05) is 0 Å². The Bertz CT molecular complexity index is 1060. The zero-order chi connectivity index (χ0) is 18.5. The molecule has 2 aromatic carbocycles. The fourth-order valence-electron chi connectivity index (χ4n) is 2.55. The summed E-state index contributed by atoms with van der Waals surface area (Å²) in [5, 5.41) is 2.11. The molecule has 6 heteroatoms. The normalized spacial score (nSPS) is 10.3. The summed E-state index contributed by atoms with van der Waals surface area (Å²) in [6, 6.07) is 20.0. The first-order valence-electron chi connectivity index (χ1n) is 7.52. The third-order valence-corrected chi connectivity index (χ3v) is 3.77. The molecule has 0 bridgehead atoms. The number of hydrogen-bond acceptors (Lipinski definition) is 2. The van der Waals surface area contributed by atoms with Crippen LogP contribution < -0.4 is 0 Å². The Balaban J connectivity index is 0.000000948. The van der Waals surface area contributed by atoms with E-state index < -0.39 is 11.6 Å². The fourth-order valence-corrected chi connectivity index (χ4v) is 2.55. The number of nitrogens with zero attached hydrogens (tertiary/aromatic N) is 2. The molecule has 2 heterocycles. The van der Waals surface area contributed by atoms with Crippen molar-refractivity contribution in [3.63, 3.8) is 0 Å².